The quantitative estimate of drug-likeness (QED) is 0.498. The average molecular weight is 388 g/mol. The van der Waals surface area contributed by atoms with Crippen LogP contribution in [0.4, 0.5) is 16.8 Å². The van der Waals surface area contributed by atoms with E-state index >= 15 is 0 Å². The lowest BCUT2D eigenvalue weighted by Crippen LogP contribution is -2.10. The second-order valence-corrected chi connectivity index (χ2v) is 7.56. The van der Waals surface area contributed by atoms with Crippen LogP contribution in [0.25, 0.3) is 22.4 Å². The van der Waals surface area contributed by atoms with Crippen molar-refractivity contribution in [2.24, 2.45) is 0 Å². The number of thiazole rings is 1. The maximum Gasteiger partial charge on any atom is 0.188 e. The van der Waals surface area contributed by atoms with Gasteiger partial charge in [0.05, 0.1) is 5.69 Å². The van der Waals surface area contributed by atoms with Crippen molar-refractivity contribution < 1.29 is 0 Å². The molecule has 28 heavy (non-hydrogen) atoms. The zero-order valence-corrected chi connectivity index (χ0v) is 16.9. The monoisotopic (exact) mass is 387 g/mol. The summed E-state index contributed by atoms with van der Waals surface area (Å²) in [5, 5.41) is 6.17. The minimum Gasteiger partial charge on any atom is -0.363 e. The fourth-order valence-electron chi connectivity index (χ4n) is 2.86. The predicted molar refractivity (Wildman–Crippen MR) is 117 cm³/mol. The fourth-order valence-corrected chi connectivity index (χ4v) is 3.59. The SMILES string of the molecule is Cc1cccc(Nc2nc(-c3ccc(-c4ccnc(N(C)C)c4)cc3)cs2)n1. The van der Waals surface area contributed by atoms with Gasteiger partial charge in [-0.1, -0.05) is 30.3 Å². The van der Waals surface area contributed by atoms with Gasteiger partial charge in [-0.25, -0.2) is 15.0 Å². The third-order valence-electron chi connectivity index (χ3n) is 4.35. The van der Waals surface area contributed by atoms with E-state index in [-0.39, 0.29) is 0 Å². The molecule has 6 heteroatoms. The Bertz CT molecular complexity index is 1090. The van der Waals surface area contributed by atoms with Gasteiger partial charge in [-0.3, -0.25) is 0 Å². The van der Waals surface area contributed by atoms with Crippen molar-refractivity contribution >= 4 is 28.1 Å². The first kappa shape index (κ1) is 18.1. The highest BCUT2D eigenvalue weighted by Gasteiger charge is 2.07. The van der Waals surface area contributed by atoms with E-state index in [1.54, 1.807) is 11.3 Å². The van der Waals surface area contributed by atoms with Crippen molar-refractivity contribution in [3.63, 3.8) is 0 Å². The number of pyridine rings is 2. The van der Waals surface area contributed by atoms with E-state index in [4.69, 9.17) is 4.98 Å². The van der Waals surface area contributed by atoms with Gasteiger partial charge < -0.3 is 10.2 Å². The molecule has 0 aliphatic rings. The largest absolute Gasteiger partial charge is 0.363 e. The maximum absolute atomic E-state index is 4.70. The summed E-state index contributed by atoms with van der Waals surface area (Å²) in [6.45, 7) is 1.98. The lowest BCUT2D eigenvalue weighted by molar-refractivity contribution is 1.07. The minimum atomic E-state index is 0.811. The molecule has 140 valence electrons. The second-order valence-electron chi connectivity index (χ2n) is 6.70. The van der Waals surface area contributed by atoms with Crippen LogP contribution >= 0.6 is 11.3 Å². The van der Waals surface area contributed by atoms with Gasteiger partial charge in [0, 0.05) is 36.9 Å². The van der Waals surface area contributed by atoms with Crippen LogP contribution in [-0.2, 0) is 0 Å². The van der Waals surface area contributed by atoms with E-state index in [1.807, 2.05) is 56.4 Å². The smallest absolute Gasteiger partial charge is 0.188 e. The Morgan fingerprint density at radius 2 is 1.68 bits per heavy atom. The lowest BCUT2D eigenvalue weighted by atomic mass is 10.0. The summed E-state index contributed by atoms with van der Waals surface area (Å²) in [5.41, 5.74) is 5.33. The number of rotatable bonds is 5. The Balaban J connectivity index is 1.53. The molecule has 0 radical (unpaired) electrons. The molecule has 0 unspecified atom stereocenters. The van der Waals surface area contributed by atoms with E-state index in [1.165, 1.54) is 0 Å². The van der Waals surface area contributed by atoms with Gasteiger partial charge in [-0.15, -0.1) is 11.3 Å². The van der Waals surface area contributed by atoms with E-state index in [0.29, 0.717) is 0 Å². The Morgan fingerprint density at radius 1 is 0.893 bits per heavy atom. The molecular formula is C22H21N5S. The zero-order valence-electron chi connectivity index (χ0n) is 16.0. The van der Waals surface area contributed by atoms with Crippen molar-refractivity contribution in [3.8, 4) is 22.4 Å². The highest BCUT2D eigenvalue weighted by molar-refractivity contribution is 7.14. The Kier molecular flexibility index (Phi) is 5.04. The molecule has 0 saturated heterocycles. The molecule has 5 nitrogen and oxygen atoms in total. The first-order valence-electron chi connectivity index (χ1n) is 8.99. The summed E-state index contributed by atoms with van der Waals surface area (Å²) in [4.78, 5) is 15.5. The molecule has 0 atom stereocenters. The van der Waals surface area contributed by atoms with Gasteiger partial charge in [-0.2, -0.15) is 0 Å². The summed E-state index contributed by atoms with van der Waals surface area (Å²) in [6.07, 6.45) is 1.84. The molecule has 4 aromatic rings. The van der Waals surface area contributed by atoms with E-state index < -0.39 is 0 Å². The number of hydrogen-bond donors (Lipinski definition) is 1. The molecule has 0 amide bonds. The second kappa shape index (κ2) is 7.78. The fraction of sp³-hybridized carbons (Fsp3) is 0.136. The molecule has 0 fully saturated rings. The first-order chi connectivity index (χ1) is 13.6. The summed E-state index contributed by atoms with van der Waals surface area (Å²) >= 11 is 1.57. The summed E-state index contributed by atoms with van der Waals surface area (Å²) in [7, 11) is 3.99. The molecule has 0 spiro atoms. The van der Waals surface area contributed by atoms with Crippen molar-refractivity contribution in [2.45, 2.75) is 6.92 Å². The molecule has 4 rings (SSSR count). The van der Waals surface area contributed by atoms with E-state index in [9.17, 15) is 0 Å². The van der Waals surface area contributed by atoms with Crippen LogP contribution in [0.5, 0.6) is 0 Å². The summed E-state index contributed by atoms with van der Waals surface area (Å²) < 4.78 is 0. The first-order valence-corrected chi connectivity index (χ1v) is 9.87. The van der Waals surface area contributed by atoms with Crippen LogP contribution in [-0.4, -0.2) is 29.0 Å². The molecule has 1 aromatic carbocycles. The van der Waals surface area contributed by atoms with Gasteiger partial charge in [0.25, 0.3) is 0 Å². The highest BCUT2D eigenvalue weighted by atomic mass is 32.1. The van der Waals surface area contributed by atoms with Gasteiger partial charge in [0.2, 0.25) is 0 Å². The minimum absolute atomic E-state index is 0.811. The third kappa shape index (κ3) is 4.02. The van der Waals surface area contributed by atoms with Crippen molar-refractivity contribution in [3.05, 3.63) is 71.9 Å². The Labute approximate surface area is 168 Å². The van der Waals surface area contributed by atoms with Gasteiger partial charge in [0.1, 0.15) is 11.6 Å². The van der Waals surface area contributed by atoms with Crippen LogP contribution in [0, 0.1) is 6.92 Å². The van der Waals surface area contributed by atoms with Crippen LogP contribution in [0.2, 0.25) is 0 Å². The number of anilines is 3. The zero-order chi connectivity index (χ0) is 19.5. The molecule has 3 heterocycles. The highest BCUT2D eigenvalue weighted by Crippen LogP contribution is 2.29. The summed E-state index contributed by atoms with van der Waals surface area (Å²) in [6, 6.07) is 18.5. The van der Waals surface area contributed by atoms with Crippen molar-refractivity contribution in [2.75, 3.05) is 24.3 Å². The Hall–Kier alpha value is -3.25. The van der Waals surface area contributed by atoms with E-state index in [0.717, 1.165) is 44.8 Å². The van der Waals surface area contributed by atoms with Crippen LogP contribution in [0.1, 0.15) is 5.69 Å². The molecule has 1 N–H and O–H groups in total. The molecule has 0 aliphatic heterocycles. The van der Waals surface area contributed by atoms with Crippen LogP contribution in [0.15, 0.2) is 66.2 Å². The number of hydrogen-bond acceptors (Lipinski definition) is 6. The van der Waals surface area contributed by atoms with Crippen molar-refractivity contribution in [1.82, 2.24) is 15.0 Å². The number of benzene rings is 1. The molecule has 0 aliphatic carbocycles. The average Bonchev–Trinajstić information content (AvgIpc) is 3.17. The molecule has 0 bridgehead atoms. The number of aryl methyl sites for hydroxylation is 1. The number of nitrogens with one attached hydrogen (secondary N) is 1. The third-order valence-corrected chi connectivity index (χ3v) is 5.10. The van der Waals surface area contributed by atoms with E-state index in [2.05, 4.69) is 51.0 Å². The van der Waals surface area contributed by atoms with Gasteiger partial charge in [-0.05, 0) is 42.3 Å². The molecular weight excluding hydrogens is 366 g/mol. The van der Waals surface area contributed by atoms with Crippen LogP contribution < -0.4 is 10.2 Å². The normalized spacial score (nSPS) is 10.7. The number of nitrogens with zero attached hydrogens (tertiary/aromatic N) is 4. The van der Waals surface area contributed by atoms with Crippen LogP contribution in [0.3, 0.4) is 0 Å². The summed E-state index contributed by atoms with van der Waals surface area (Å²) in [5.74, 6) is 1.76. The van der Waals surface area contributed by atoms with Gasteiger partial charge in [0.15, 0.2) is 5.13 Å². The maximum atomic E-state index is 4.70. The van der Waals surface area contributed by atoms with Crippen molar-refractivity contribution in [1.29, 1.82) is 0 Å². The predicted octanol–water partition coefficient (Wildman–Crippen LogP) is 5.39. The standard InChI is InChI=1S/C22H21N5S/c1-15-5-4-6-20(24-15)26-22-25-19(14-28-22)17-9-7-16(8-10-17)18-11-12-23-21(13-18)27(2)3/h4-14H,1-3H3,(H,24,25,26). The Morgan fingerprint density at radius 3 is 2.43 bits per heavy atom. The molecule has 3 aromatic heterocycles. The molecule has 0 saturated carbocycles. The van der Waals surface area contributed by atoms with Gasteiger partial charge >= 0.3 is 0 Å². The lowest BCUT2D eigenvalue weighted by Gasteiger charge is -2.12. The number of aromatic nitrogens is 3. The topological polar surface area (TPSA) is 53.9 Å².